The van der Waals surface area contributed by atoms with E-state index in [0.717, 1.165) is 23.5 Å². The molecule has 0 radical (unpaired) electrons. The molecule has 0 atom stereocenters. The van der Waals surface area contributed by atoms with Crippen molar-refractivity contribution in [1.82, 2.24) is 14.9 Å². The van der Waals surface area contributed by atoms with E-state index in [1.807, 2.05) is 41.1 Å². The molecule has 0 aliphatic heterocycles. The van der Waals surface area contributed by atoms with Crippen molar-refractivity contribution in [3.05, 3.63) is 83.9 Å². The van der Waals surface area contributed by atoms with E-state index in [1.165, 1.54) is 0 Å². The lowest BCUT2D eigenvalue weighted by Crippen LogP contribution is -2.31. The van der Waals surface area contributed by atoms with Gasteiger partial charge in [0, 0.05) is 38.0 Å². The molecule has 5 nitrogen and oxygen atoms in total. The Morgan fingerprint density at radius 3 is 2.74 bits per heavy atom. The van der Waals surface area contributed by atoms with Gasteiger partial charge in [-0.25, -0.2) is 13.8 Å². The van der Waals surface area contributed by atoms with Crippen LogP contribution in [0.3, 0.4) is 0 Å². The van der Waals surface area contributed by atoms with Gasteiger partial charge in [0.1, 0.15) is 11.6 Å². The molecule has 27 heavy (non-hydrogen) atoms. The summed E-state index contributed by atoms with van der Waals surface area (Å²) in [6.07, 6.45) is 4.17. The second kappa shape index (κ2) is 8.93. The van der Waals surface area contributed by atoms with Gasteiger partial charge in [-0.2, -0.15) is 0 Å². The summed E-state index contributed by atoms with van der Waals surface area (Å²) in [6, 6.07) is 12.9. The van der Waals surface area contributed by atoms with E-state index in [4.69, 9.17) is 4.74 Å². The number of carbonyl (C=O) groups is 1. The molecule has 2 aromatic carbocycles. The fourth-order valence-electron chi connectivity index (χ4n) is 2.59. The van der Waals surface area contributed by atoms with Gasteiger partial charge in [-0.05, 0) is 17.7 Å². The molecule has 0 fully saturated rings. The summed E-state index contributed by atoms with van der Waals surface area (Å²) in [7, 11) is 0. The smallest absolute Gasteiger partial charge is 0.257 e. The maximum absolute atomic E-state index is 13.5. The average Bonchev–Trinajstić information content (AvgIpc) is 3.09. The summed E-state index contributed by atoms with van der Waals surface area (Å²) < 4.78 is 33.4. The third-order valence-corrected chi connectivity index (χ3v) is 3.92. The summed E-state index contributed by atoms with van der Waals surface area (Å²) in [6.45, 7) is 0.734. The predicted octanol–water partition coefficient (Wildman–Crippen LogP) is 2.95. The van der Waals surface area contributed by atoms with E-state index in [-0.39, 0.29) is 18.3 Å². The highest BCUT2D eigenvalue weighted by molar-refractivity contribution is 5.77. The first kappa shape index (κ1) is 18.6. The second-order valence-electron chi connectivity index (χ2n) is 5.92. The Morgan fingerprint density at radius 1 is 1.15 bits per heavy atom. The molecule has 0 saturated carbocycles. The Labute approximate surface area is 155 Å². The van der Waals surface area contributed by atoms with Crippen LogP contribution in [0.4, 0.5) is 8.78 Å². The fraction of sp³-hybridized carbons (Fsp3) is 0.200. The number of carbonyl (C=O) groups excluding carboxylic acids is 1. The molecule has 1 amide bonds. The van der Waals surface area contributed by atoms with Crippen LogP contribution in [0, 0.1) is 11.6 Å². The van der Waals surface area contributed by atoms with Crippen molar-refractivity contribution >= 4 is 5.91 Å². The molecular weight excluding hydrogens is 352 g/mol. The number of amides is 1. The van der Waals surface area contributed by atoms with Crippen LogP contribution in [-0.2, 0) is 17.8 Å². The van der Waals surface area contributed by atoms with Crippen molar-refractivity contribution in [2.75, 3.05) is 13.2 Å². The molecule has 0 aliphatic carbocycles. The van der Waals surface area contributed by atoms with Gasteiger partial charge in [0.25, 0.3) is 5.91 Å². The highest BCUT2D eigenvalue weighted by Crippen LogP contribution is 2.17. The van der Waals surface area contributed by atoms with Gasteiger partial charge >= 0.3 is 0 Å². The zero-order chi connectivity index (χ0) is 19.1. The number of ether oxygens (including phenoxy) is 1. The Kier molecular flexibility index (Phi) is 6.14. The molecular formula is C20H19F2N3O2. The zero-order valence-electron chi connectivity index (χ0n) is 14.6. The molecule has 0 unspecified atom stereocenters. The number of aromatic nitrogens is 2. The van der Waals surface area contributed by atoms with E-state index in [2.05, 4.69) is 10.3 Å². The summed E-state index contributed by atoms with van der Waals surface area (Å²) in [5, 5.41) is 2.70. The number of benzene rings is 2. The number of hydrogen-bond donors (Lipinski definition) is 1. The Balaban J connectivity index is 1.44. The van der Waals surface area contributed by atoms with Gasteiger partial charge in [0.05, 0.1) is 0 Å². The summed E-state index contributed by atoms with van der Waals surface area (Å²) in [5.41, 5.74) is 1.16. The van der Waals surface area contributed by atoms with Gasteiger partial charge in [0.15, 0.2) is 18.2 Å². The molecule has 3 rings (SSSR count). The Bertz CT molecular complexity index is 897. The first-order chi connectivity index (χ1) is 13.1. The third-order valence-electron chi connectivity index (χ3n) is 3.92. The van der Waals surface area contributed by atoms with Gasteiger partial charge in [-0.15, -0.1) is 0 Å². The molecule has 0 aliphatic rings. The minimum absolute atomic E-state index is 0.162. The first-order valence-electron chi connectivity index (χ1n) is 8.50. The van der Waals surface area contributed by atoms with Gasteiger partial charge in [-0.1, -0.05) is 30.3 Å². The maximum atomic E-state index is 13.5. The molecule has 0 saturated heterocycles. The molecule has 3 aromatic rings. The molecule has 1 heterocycles. The highest BCUT2D eigenvalue weighted by atomic mass is 19.1. The van der Waals surface area contributed by atoms with E-state index >= 15 is 0 Å². The molecule has 1 aromatic heterocycles. The second-order valence-corrected chi connectivity index (χ2v) is 5.92. The van der Waals surface area contributed by atoms with Crippen LogP contribution in [0.15, 0.2) is 60.9 Å². The zero-order valence-corrected chi connectivity index (χ0v) is 14.6. The van der Waals surface area contributed by atoms with Crippen LogP contribution in [0.5, 0.6) is 5.75 Å². The Morgan fingerprint density at radius 2 is 1.96 bits per heavy atom. The van der Waals surface area contributed by atoms with E-state index in [0.29, 0.717) is 25.6 Å². The first-order valence-corrected chi connectivity index (χ1v) is 8.50. The van der Waals surface area contributed by atoms with Crippen molar-refractivity contribution in [2.45, 2.75) is 13.0 Å². The summed E-state index contributed by atoms with van der Waals surface area (Å²) in [5.74, 6) is -1.24. The fourth-order valence-corrected chi connectivity index (χ4v) is 2.59. The topological polar surface area (TPSA) is 56.1 Å². The van der Waals surface area contributed by atoms with Gasteiger partial charge in [-0.3, -0.25) is 4.79 Å². The number of imidazole rings is 1. The quantitative estimate of drug-likeness (QED) is 0.662. The van der Waals surface area contributed by atoms with Crippen LogP contribution in [-0.4, -0.2) is 28.6 Å². The van der Waals surface area contributed by atoms with Crippen LogP contribution < -0.4 is 10.1 Å². The standard InChI is InChI=1S/C20H19F2N3O2/c21-16-6-7-18(17(22)12-16)27-14-20(26)24-9-8-19-23-10-11-25(19)13-15-4-2-1-3-5-15/h1-7,10-12H,8-9,13-14H2,(H,24,26). The lowest BCUT2D eigenvalue weighted by Gasteiger charge is -2.10. The van der Waals surface area contributed by atoms with E-state index in [9.17, 15) is 13.6 Å². The molecule has 1 N–H and O–H groups in total. The molecule has 0 bridgehead atoms. The average molecular weight is 371 g/mol. The molecule has 0 spiro atoms. The Hall–Kier alpha value is -3.22. The van der Waals surface area contributed by atoms with E-state index < -0.39 is 11.6 Å². The number of hydrogen-bond acceptors (Lipinski definition) is 3. The monoisotopic (exact) mass is 371 g/mol. The minimum Gasteiger partial charge on any atom is -0.481 e. The minimum atomic E-state index is -0.842. The summed E-state index contributed by atoms with van der Waals surface area (Å²) in [4.78, 5) is 16.2. The third kappa shape index (κ3) is 5.37. The van der Waals surface area contributed by atoms with Gasteiger partial charge < -0.3 is 14.6 Å². The number of nitrogens with one attached hydrogen (secondary N) is 1. The van der Waals surface area contributed by atoms with Crippen molar-refractivity contribution in [2.24, 2.45) is 0 Å². The number of halogens is 2. The SMILES string of the molecule is O=C(COc1ccc(F)cc1F)NCCc1nccn1Cc1ccccc1. The number of rotatable bonds is 8. The van der Waals surface area contributed by atoms with Crippen LogP contribution in [0.1, 0.15) is 11.4 Å². The van der Waals surface area contributed by atoms with Crippen molar-refractivity contribution in [3.8, 4) is 5.75 Å². The molecule has 7 heteroatoms. The normalized spacial score (nSPS) is 10.6. The summed E-state index contributed by atoms with van der Waals surface area (Å²) >= 11 is 0. The number of nitrogens with zero attached hydrogens (tertiary/aromatic N) is 2. The lowest BCUT2D eigenvalue weighted by molar-refractivity contribution is -0.123. The van der Waals surface area contributed by atoms with Crippen LogP contribution in [0.25, 0.3) is 0 Å². The van der Waals surface area contributed by atoms with Crippen molar-refractivity contribution in [3.63, 3.8) is 0 Å². The predicted molar refractivity (Wildman–Crippen MR) is 96.3 cm³/mol. The lowest BCUT2D eigenvalue weighted by atomic mass is 10.2. The van der Waals surface area contributed by atoms with Crippen LogP contribution >= 0.6 is 0 Å². The van der Waals surface area contributed by atoms with Crippen molar-refractivity contribution in [1.29, 1.82) is 0 Å². The maximum Gasteiger partial charge on any atom is 0.257 e. The highest BCUT2D eigenvalue weighted by Gasteiger charge is 2.09. The largest absolute Gasteiger partial charge is 0.481 e. The van der Waals surface area contributed by atoms with E-state index in [1.54, 1.807) is 6.20 Å². The van der Waals surface area contributed by atoms with Crippen LogP contribution in [0.2, 0.25) is 0 Å². The van der Waals surface area contributed by atoms with Crippen molar-refractivity contribution < 1.29 is 18.3 Å². The van der Waals surface area contributed by atoms with Gasteiger partial charge in [0.2, 0.25) is 0 Å². The molecule has 140 valence electrons.